The molecule has 0 saturated carbocycles. The number of halogens is 1. The van der Waals surface area contributed by atoms with Crippen LogP contribution in [-0.4, -0.2) is 41.8 Å². The standard InChI is InChI=1S/C24H28ClN3OS/c1-2-3-11-27(16-19-6-4-5-18(14-19)10-13-29)21-9-12-28(17-21)24-26-22-8-7-20(25)15-23(22)30-24/h4-8,13-15,21H,2-3,9-12,16-17H2,1H3. The summed E-state index contributed by atoms with van der Waals surface area (Å²) < 4.78 is 1.15. The SMILES string of the molecule is CCCCN(Cc1cccc(CC=O)c1)C1CCN(c2nc3ccc(Cl)cc3s2)C1. The van der Waals surface area contributed by atoms with Crippen molar-refractivity contribution in [1.29, 1.82) is 0 Å². The molecule has 0 amide bonds. The van der Waals surface area contributed by atoms with Crippen LogP contribution in [0.2, 0.25) is 5.02 Å². The first-order valence-corrected chi connectivity index (χ1v) is 11.9. The normalized spacial score (nSPS) is 16.6. The molecule has 0 radical (unpaired) electrons. The molecule has 4 rings (SSSR count). The van der Waals surface area contributed by atoms with Crippen molar-refractivity contribution in [3.63, 3.8) is 0 Å². The van der Waals surface area contributed by atoms with Crippen LogP contribution in [0.4, 0.5) is 5.13 Å². The molecule has 1 fully saturated rings. The summed E-state index contributed by atoms with van der Waals surface area (Å²) in [4.78, 5) is 20.8. The van der Waals surface area contributed by atoms with Gasteiger partial charge in [-0.3, -0.25) is 4.90 Å². The van der Waals surface area contributed by atoms with E-state index in [4.69, 9.17) is 16.6 Å². The van der Waals surface area contributed by atoms with E-state index in [-0.39, 0.29) is 0 Å². The monoisotopic (exact) mass is 441 g/mol. The summed E-state index contributed by atoms with van der Waals surface area (Å²) in [6, 6.07) is 14.9. The molecule has 1 aliphatic rings. The lowest BCUT2D eigenvalue weighted by Gasteiger charge is -2.29. The number of anilines is 1. The molecule has 1 aromatic heterocycles. The average Bonchev–Trinajstić information content (AvgIpc) is 3.38. The van der Waals surface area contributed by atoms with Crippen LogP contribution in [0.25, 0.3) is 10.2 Å². The summed E-state index contributed by atoms with van der Waals surface area (Å²) >= 11 is 7.88. The first kappa shape index (κ1) is 21.3. The van der Waals surface area contributed by atoms with Gasteiger partial charge in [-0.2, -0.15) is 0 Å². The van der Waals surface area contributed by atoms with Gasteiger partial charge in [0.15, 0.2) is 5.13 Å². The highest BCUT2D eigenvalue weighted by Crippen LogP contribution is 2.33. The molecule has 6 heteroatoms. The first-order valence-electron chi connectivity index (χ1n) is 10.7. The summed E-state index contributed by atoms with van der Waals surface area (Å²) in [5, 5.41) is 1.86. The van der Waals surface area contributed by atoms with Crippen molar-refractivity contribution < 1.29 is 4.79 Å². The van der Waals surface area contributed by atoms with Crippen molar-refractivity contribution in [3.05, 3.63) is 58.6 Å². The van der Waals surface area contributed by atoms with Crippen molar-refractivity contribution in [2.45, 2.75) is 45.2 Å². The van der Waals surface area contributed by atoms with Crippen LogP contribution in [0.3, 0.4) is 0 Å². The second kappa shape index (κ2) is 9.90. The first-order chi connectivity index (χ1) is 14.7. The van der Waals surface area contributed by atoms with Gasteiger partial charge in [0, 0.05) is 37.1 Å². The lowest BCUT2D eigenvalue weighted by Crippen LogP contribution is -2.37. The van der Waals surface area contributed by atoms with Gasteiger partial charge in [-0.1, -0.05) is 60.5 Å². The fourth-order valence-corrected chi connectivity index (χ4v) is 5.45. The Morgan fingerprint density at radius 2 is 2.13 bits per heavy atom. The number of carbonyl (C=O) groups excluding carboxylic acids is 1. The fraction of sp³-hybridized carbons (Fsp3) is 0.417. The molecule has 30 heavy (non-hydrogen) atoms. The molecule has 158 valence electrons. The Hall–Kier alpha value is -1.95. The third kappa shape index (κ3) is 5.02. The number of aromatic nitrogens is 1. The van der Waals surface area contributed by atoms with Crippen LogP contribution in [0.5, 0.6) is 0 Å². The summed E-state index contributed by atoms with van der Waals surface area (Å²) in [5.41, 5.74) is 3.41. The summed E-state index contributed by atoms with van der Waals surface area (Å²) in [7, 11) is 0. The van der Waals surface area contributed by atoms with Gasteiger partial charge in [0.05, 0.1) is 10.2 Å². The van der Waals surface area contributed by atoms with Gasteiger partial charge in [-0.25, -0.2) is 4.98 Å². The number of rotatable bonds is 9. The molecule has 1 unspecified atom stereocenters. The van der Waals surface area contributed by atoms with Gasteiger partial charge in [0.25, 0.3) is 0 Å². The molecule has 0 aliphatic carbocycles. The van der Waals surface area contributed by atoms with E-state index in [0.717, 1.165) is 64.8 Å². The number of carbonyl (C=O) groups is 1. The minimum atomic E-state index is 0.488. The molecule has 1 saturated heterocycles. The largest absolute Gasteiger partial charge is 0.346 e. The van der Waals surface area contributed by atoms with Gasteiger partial charge >= 0.3 is 0 Å². The van der Waals surface area contributed by atoms with Gasteiger partial charge < -0.3 is 9.69 Å². The minimum absolute atomic E-state index is 0.488. The predicted octanol–water partition coefficient (Wildman–Crippen LogP) is 5.57. The van der Waals surface area contributed by atoms with E-state index >= 15 is 0 Å². The number of thiazole rings is 1. The molecular formula is C24H28ClN3OS. The van der Waals surface area contributed by atoms with Crippen LogP contribution in [-0.2, 0) is 17.8 Å². The average molecular weight is 442 g/mol. The number of benzene rings is 2. The quantitative estimate of drug-likeness (QED) is 0.406. The molecule has 1 aliphatic heterocycles. The van der Waals surface area contributed by atoms with Gasteiger partial charge in [0.1, 0.15) is 6.29 Å². The maximum atomic E-state index is 10.9. The number of unbranched alkanes of at least 4 members (excludes halogenated alkanes) is 1. The molecule has 2 heterocycles. The predicted molar refractivity (Wildman–Crippen MR) is 127 cm³/mol. The zero-order valence-electron chi connectivity index (χ0n) is 17.4. The van der Waals surface area contributed by atoms with Crippen molar-refractivity contribution in [2.75, 3.05) is 24.5 Å². The zero-order valence-corrected chi connectivity index (χ0v) is 19.0. The fourth-order valence-electron chi connectivity index (χ4n) is 4.17. The topological polar surface area (TPSA) is 36.4 Å². The molecule has 1 atom stereocenters. The van der Waals surface area contributed by atoms with Crippen LogP contribution >= 0.6 is 22.9 Å². The summed E-state index contributed by atoms with van der Waals surface area (Å²) in [6.45, 7) is 6.32. The Morgan fingerprint density at radius 1 is 1.27 bits per heavy atom. The third-order valence-electron chi connectivity index (χ3n) is 5.78. The van der Waals surface area contributed by atoms with Crippen LogP contribution in [0, 0.1) is 0 Å². The van der Waals surface area contributed by atoms with Gasteiger partial charge in [0.2, 0.25) is 0 Å². The molecular weight excluding hydrogens is 414 g/mol. The number of aldehydes is 1. The molecule has 2 aromatic carbocycles. The van der Waals surface area contributed by atoms with E-state index in [0.29, 0.717) is 12.5 Å². The maximum absolute atomic E-state index is 10.9. The number of hydrogen-bond donors (Lipinski definition) is 0. The van der Waals surface area contributed by atoms with E-state index in [1.165, 1.54) is 18.4 Å². The Kier molecular flexibility index (Phi) is 7.03. The Labute approximate surface area is 187 Å². The molecule has 4 nitrogen and oxygen atoms in total. The lowest BCUT2D eigenvalue weighted by atomic mass is 10.1. The minimum Gasteiger partial charge on any atom is -0.346 e. The summed E-state index contributed by atoms with van der Waals surface area (Å²) in [6.07, 6.45) is 5.00. The lowest BCUT2D eigenvalue weighted by molar-refractivity contribution is -0.107. The number of nitrogens with zero attached hydrogens (tertiary/aromatic N) is 3. The smallest absolute Gasteiger partial charge is 0.186 e. The van der Waals surface area contributed by atoms with E-state index in [1.807, 2.05) is 24.3 Å². The number of fused-ring (bicyclic) bond motifs is 1. The van der Waals surface area contributed by atoms with Crippen molar-refractivity contribution in [3.8, 4) is 0 Å². The van der Waals surface area contributed by atoms with Gasteiger partial charge in [-0.15, -0.1) is 0 Å². The van der Waals surface area contributed by atoms with Crippen molar-refractivity contribution >= 4 is 44.6 Å². The second-order valence-electron chi connectivity index (χ2n) is 8.01. The zero-order chi connectivity index (χ0) is 20.9. The van der Waals surface area contributed by atoms with Crippen LogP contribution in [0.1, 0.15) is 37.3 Å². The Bertz CT molecular complexity index is 1010. The second-order valence-corrected chi connectivity index (χ2v) is 9.46. The summed E-state index contributed by atoms with van der Waals surface area (Å²) in [5.74, 6) is 0. The van der Waals surface area contributed by atoms with Crippen LogP contribution < -0.4 is 4.90 Å². The van der Waals surface area contributed by atoms with Crippen LogP contribution in [0.15, 0.2) is 42.5 Å². The molecule has 0 spiro atoms. The Morgan fingerprint density at radius 3 is 2.97 bits per heavy atom. The highest BCUT2D eigenvalue weighted by Gasteiger charge is 2.29. The van der Waals surface area contributed by atoms with Crippen molar-refractivity contribution in [1.82, 2.24) is 9.88 Å². The van der Waals surface area contributed by atoms with E-state index in [1.54, 1.807) is 11.3 Å². The van der Waals surface area contributed by atoms with Crippen molar-refractivity contribution in [2.24, 2.45) is 0 Å². The van der Waals surface area contributed by atoms with E-state index < -0.39 is 0 Å². The number of hydrogen-bond acceptors (Lipinski definition) is 5. The maximum Gasteiger partial charge on any atom is 0.186 e. The highest BCUT2D eigenvalue weighted by atomic mass is 35.5. The third-order valence-corrected chi connectivity index (χ3v) is 7.10. The molecule has 3 aromatic rings. The van der Waals surface area contributed by atoms with E-state index in [9.17, 15) is 4.79 Å². The molecule has 0 N–H and O–H groups in total. The van der Waals surface area contributed by atoms with Gasteiger partial charge in [-0.05, 0) is 48.7 Å². The highest BCUT2D eigenvalue weighted by molar-refractivity contribution is 7.22. The van der Waals surface area contributed by atoms with E-state index in [2.05, 4.69) is 34.9 Å². The molecule has 0 bridgehead atoms. The Balaban J connectivity index is 1.47.